The standard InChI is InChI=1S/C14H20N4O2S/c1-9(2)18-10(3)5-6-11(13(18)19)12-16-17-14(21-12)15-7-8-20-4/h5-6,9H,7-8H2,1-4H3,(H,15,17). The lowest BCUT2D eigenvalue weighted by Crippen LogP contribution is -2.25. The fourth-order valence-corrected chi connectivity index (χ4v) is 2.90. The zero-order valence-electron chi connectivity index (χ0n) is 12.7. The number of aromatic nitrogens is 3. The van der Waals surface area contributed by atoms with Crippen LogP contribution in [0.2, 0.25) is 0 Å². The summed E-state index contributed by atoms with van der Waals surface area (Å²) in [6.07, 6.45) is 0. The number of rotatable bonds is 6. The van der Waals surface area contributed by atoms with Crippen molar-refractivity contribution in [2.24, 2.45) is 0 Å². The Morgan fingerprint density at radius 2 is 2.14 bits per heavy atom. The van der Waals surface area contributed by atoms with Gasteiger partial charge in [0.05, 0.1) is 12.2 Å². The van der Waals surface area contributed by atoms with Gasteiger partial charge >= 0.3 is 0 Å². The van der Waals surface area contributed by atoms with Crippen molar-refractivity contribution >= 4 is 16.5 Å². The number of aryl methyl sites for hydroxylation is 1. The van der Waals surface area contributed by atoms with Gasteiger partial charge in [0.15, 0.2) is 5.01 Å². The second-order valence-electron chi connectivity index (χ2n) is 4.99. The fraction of sp³-hybridized carbons (Fsp3) is 0.500. The van der Waals surface area contributed by atoms with Gasteiger partial charge in [-0.05, 0) is 32.9 Å². The molecule has 6 nitrogen and oxygen atoms in total. The van der Waals surface area contributed by atoms with Crippen molar-refractivity contribution in [1.29, 1.82) is 0 Å². The third-order valence-corrected chi connectivity index (χ3v) is 3.99. The highest BCUT2D eigenvalue weighted by molar-refractivity contribution is 7.18. The maximum atomic E-state index is 12.6. The van der Waals surface area contributed by atoms with E-state index in [4.69, 9.17) is 4.74 Å². The van der Waals surface area contributed by atoms with Gasteiger partial charge in [-0.3, -0.25) is 4.79 Å². The topological polar surface area (TPSA) is 69.0 Å². The Hall–Kier alpha value is -1.73. The molecule has 0 atom stereocenters. The summed E-state index contributed by atoms with van der Waals surface area (Å²) in [5.74, 6) is 0. The number of anilines is 1. The van der Waals surface area contributed by atoms with Crippen LogP contribution in [0.4, 0.5) is 5.13 Å². The summed E-state index contributed by atoms with van der Waals surface area (Å²) in [4.78, 5) is 12.6. The smallest absolute Gasteiger partial charge is 0.261 e. The Balaban J connectivity index is 2.31. The zero-order valence-corrected chi connectivity index (χ0v) is 13.5. The summed E-state index contributed by atoms with van der Waals surface area (Å²) in [6, 6.07) is 3.87. The first-order valence-corrected chi connectivity index (χ1v) is 7.65. The molecule has 2 heterocycles. The molecule has 7 heteroatoms. The van der Waals surface area contributed by atoms with Crippen LogP contribution in [0, 0.1) is 6.92 Å². The minimum absolute atomic E-state index is 0.0235. The summed E-state index contributed by atoms with van der Waals surface area (Å²) in [5, 5.41) is 12.6. The van der Waals surface area contributed by atoms with E-state index >= 15 is 0 Å². The van der Waals surface area contributed by atoms with Crippen molar-refractivity contribution in [2.45, 2.75) is 26.8 Å². The van der Waals surface area contributed by atoms with Crippen LogP contribution in [0.15, 0.2) is 16.9 Å². The molecule has 0 amide bonds. The maximum absolute atomic E-state index is 12.6. The largest absolute Gasteiger partial charge is 0.383 e. The Labute approximate surface area is 127 Å². The summed E-state index contributed by atoms with van der Waals surface area (Å²) in [7, 11) is 1.65. The molecule has 0 bridgehead atoms. The maximum Gasteiger partial charge on any atom is 0.261 e. The van der Waals surface area contributed by atoms with E-state index in [0.717, 1.165) is 5.69 Å². The van der Waals surface area contributed by atoms with Gasteiger partial charge in [0.2, 0.25) is 5.13 Å². The molecule has 0 aliphatic heterocycles. The third-order valence-electron chi connectivity index (χ3n) is 3.07. The molecule has 0 saturated heterocycles. The number of nitrogens with zero attached hydrogens (tertiary/aromatic N) is 3. The van der Waals surface area contributed by atoms with Crippen molar-refractivity contribution < 1.29 is 4.74 Å². The molecule has 2 rings (SSSR count). The average molecular weight is 308 g/mol. The molecule has 0 aliphatic rings. The van der Waals surface area contributed by atoms with Crippen molar-refractivity contribution in [2.75, 3.05) is 25.6 Å². The number of nitrogens with one attached hydrogen (secondary N) is 1. The first kappa shape index (κ1) is 15.7. The van der Waals surface area contributed by atoms with E-state index < -0.39 is 0 Å². The van der Waals surface area contributed by atoms with E-state index in [1.807, 2.05) is 32.9 Å². The van der Waals surface area contributed by atoms with Crippen LogP contribution in [-0.2, 0) is 4.74 Å². The number of pyridine rings is 1. The van der Waals surface area contributed by atoms with E-state index in [9.17, 15) is 4.79 Å². The highest BCUT2D eigenvalue weighted by atomic mass is 32.1. The second-order valence-corrected chi connectivity index (χ2v) is 5.97. The molecule has 114 valence electrons. The molecule has 0 aliphatic carbocycles. The van der Waals surface area contributed by atoms with Crippen LogP contribution in [0.1, 0.15) is 25.6 Å². The van der Waals surface area contributed by atoms with Crippen LogP contribution in [-0.4, -0.2) is 35.0 Å². The first-order valence-electron chi connectivity index (χ1n) is 6.83. The van der Waals surface area contributed by atoms with Crippen LogP contribution < -0.4 is 10.9 Å². The average Bonchev–Trinajstić information content (AvgIpc) is 2.87. The molecular weight excluding hydrogens is 288 g/mol. The predicted molar refractivity (Wildman–Crippen MR) is 85.1 cm³/mol. The number of ether oxygens (including phenoxy) is 1. The first-order chi connectivity index (χ1) is 10.0. The second kappa shape index (κ2) is 6.82. The summed E-state index contributed by atoms with van der Waals surface area (Å²) in [6.45, 7) is 7.18. The summed E-state index contributed by atoms with van der Waals surface area (Å²) in [5.41, 5.74) is 1.51. The monoisotopic (exact) mass is 308 g/mol. The summed E-state index contributed by atoms with van der Waals surface area (Å²) >= 11 is 1.37. The predicted octanol–water partition coefficient (Wildman–Crippen LogP) is 2.31. The SMILES string of the molecule is COCCNc1nnc(-c2ccc(C)n(C(C)C)c2=O)s1. The van der Waals surface area contributed by atoms with Crippen molar-refractivity contribution in [3.63, 3.8) is 0 Å². The molecule has 2 aromatic heterocycles. The van der Waals surface area contributed by atoms with Gasteiger partial charge in [-0.2, -0.15) is 0 Å². The van der Waals surface area contributed by atoms with Gasteiger partial charge in [0.1, 0.15) is 0 Å². The lowest BCUT2D eigenvalue weighted by Gasteiger charge is -2.14. The molecule has 0 saturated carbocycles. The lowest BCUT2D eigenvalue weighted by molar-refractivity contribution is 0.211. The normalized spacial score (nSPS) is 11.1. The van der Waals surface area contributed by atoms with E-state index in [2.05, 4.69) is 15.5 Å². The quantitative estimate of drug-likeness (QED) is 0.829. The van der Waals surface area contributed by atoms with E-state index in [0.29, 0.717) is 28.9 Å². The van der Waals surface area contributed by atoms with Crippen LogP contribution >= 0.6 is 11.3 Å². The van der Waals surface area contributed by atoms with Crippen molar-refractivity contribution in [1.82, 2.24) is 14.8 Å². The zero-order chi connectivity index (χ0) is 15.4. The minimum Gasteiger partial charge on any atom is -0.383 e. The van der Waals surface area contributed by atoms with E-state index in [1.165, 1.54) is 11.3 Å². The molecule has 1 N–H and O–H groups in total. The third kappa shape index (κ3) is 3.48. The molecule has 0 spiro atoms. The van der Waals surface area contributed by atoms with Gasteiger partial charge in [-0.15, -0.1) is 10.2 Å². The number of hydrogen-bond acceptors (Lipinski definition) is 6. The molecule has 0 fully saturated rings. The van der Waals surface area contributed by atoms with E-state index in [-0.39, 0.29) is 11.6 Å². The number of methoxy groups -OCH3 is 1. The summed E-state index contributed by atoms with van der Waals surface area (Å²) < 4.78 is 6.74. The molecule has 21 heavy (non-hydrogen) atoms. The van der Waals surface area contributed by atoms with Crippen LogP contribution in [0.3, 0.4) is 0 Å². The van der Waals surface area contributed by atoms with Crippen molar-refractivity contribution in [3.8, 4) is 10.6 Å². The van der Waals surface area contributed by atoms with Crippen LogP contribution in [0.5, 0.6) is 0 Å². The van der Waals surface area contributed by atoms with Gasteiger partial charge in [0, 0.05) is 25.4 Å². The Morgan fingerprint density at radius 1 is 1.38 bits per heavy atom. The molecule has 2 aromatic rings. The van der Waals surface area contributed by atoms with Crippen molar-refractivity contribution in [3.05, 3.63) is 28.2 Å². The fourth-order valence-electron chi connectivity index (χ4n) is 2.11. The molecule has 0 aromatic carbocycles. The highest BCUT2D eigenvalue weighted by Gasteiger charge is 2.14. The Kier molecular flexibility index (Phi) is 5.08. The van der Waals surface area contributed by atoms with Gasteiger partial charge in [-0.25, -0.2) is 0 Å². The number of hydrogen-bond donors (Lipinski definition) is 1. The van der Waals surface area contributed by atoms with Crippen LogP contribution in [0.25, 0.3) is 10.6 Å². The Bertz CT molecular complexity index is 663. The minimum atomic E-state index is -0.0235. The van der Waals surface area contributed by atoms with Gasteiger partial charge in [0.25, 0.3) is 5.56 Å². The van der Waals surface area contributed by atoms with Gasteiger partial charge < -0.3 is 14.6 Å². The molecule has 0 radical (unpaired) electrons. The molecule has 0 unspecified atom stereocenters. The Morgan fingerprint density at radius 3 is 2.81 bits per heavy atom. The van der Waals surface area contributed by atoms with E-state index in [1.54, 1.807) is 11.7 Å². The highest BCUT2D eigenvalue weighted by Crippen LogP contribution is 2.24. The van der Waals surface area contributed by atoms with Gasteiger partial charge in [-0.1, -0.05) is 11.3 Å². The lowest BCUT2D eigenvalue weighted by atomic mass is 10.2. The molecular formula is C14H20N4O2S.